The molecular formula is C29H31NO6. The highest BCUT2D eigenvalue weighted by Gasteiger charge is 2.15. The van der Waals surface area contributed by atoms with Crippen molar-refractivity contribution in [3.63, 3.8) is 0 Å². The summed E-state index contributed by atoms with van der Waals surface area (Å²) >= 11 is 0. The number of ether oxygens (including phenoxy) is 3. The fourth-order valence-electron chi connectivity index (χ4n) is 4.15. The van der Waals surface area contributed by atoms with Crippen LogP contribution in [0.3, 0.4) is 0 Å². The van der Waals surface area contributed by atoms with Crippen molar-refractivity contribution in [3.8, 4) is 16.9 Å². The lowest BCUT2D eigenvalue weighted by Gasteiger charge is -2.15. The van der Waals surface area contributed by atoms with E-state index in [0.29, 0.717) is 30.2 Å². The van der Waals surface area contributed by atoms with Gasteiger partial charge in [0, 0.05) is 30.2 Å². The van der Waals surface area contributed by atoms with Crippen LogP contribution in [-0.4, -0.2) is 30.9 Å². The number of nitrogens with two attached hydrogens (primary N) is 1. The van der Waals surface area contributed by atoms with Crippen LogP contribution < -0.4 is 10.5 Å². The zero-order valence-electron chi connectivity index (χ0n) is 20.5. The minimum Gasteiger partial charge on any atom is -0.489 e. The van der Waals surface area contributed by atoms with E-state index in [2.05, 4.69) is 0 Å². The average molecular weight is 490 g/mol. The van der Waals surface area contributed by atoms with Crippen molar-refractivity contribution in [1.29, 1.82) is 0 Å². The molecule has 0 aliphatic rings. The van der Waals surface area contributed by atoms with Gasteiger partial charge in [-0.25, -0.2) is 0 Å². The van der Waals surface area contributed by atoms with Gasteiger partial charge in [-0.1, -0.05) is 36.4 Å². The lowest BCUT2D eigenvalue weighted by Crippen LogP contribution is -2.21. The Morgan fingerprint density at radius 2 is 1.89 bits per heavy atom. The summed E-state index contributed by atoms with van der Waals surface area (Å²) in [5.41, 5.74) is 11.1. The maximum absolute atomic E-state index is 12.4. The van der Waals surface area contributed by atoms with E-state index in [1.807, 2.05) is 66.7 Å². The first-order valence-corrected chi connectivity index (χ1v) is 11.9. The molecule has 7 heteroatoms. The number of para-hydroxylation sites is 1. The Morgan fingerprint density at radius 3 is 2.67 bits per heavy atom. The summed E-state index contributed by atoms with van der Waals surface area (Å²) < 4.78 is 22.5. The maximum Gasteiger partial charge on any atom is 0.310 e. The molecule has 0 spiro atoms. The minimum absolute atomic E-state index is 0.0992. The molecule has 0 aliphatic heterocycles. The number of carbonyl (C=O) groups is 1. The lowest BCUT2D eigenvalue weighted by molar-refractivity contribution is -0.149. The van der Waals surface area contributed by atoms with Gasteiger partial charge in [0.2, 0.25) is 0 Å². The highest BCUT2D eigenvalue weighted by molar-refractivity contribution is 5.93. The lowest BCUT2D eigenvalue weighted by atomic mass is 9.99. The Kier molecular flexibility index (Phi) is 8.38. The van der Waals surface area contributed by atoms with E-state index < -0.39 is 0 Å². The summed E-state index contributed by atoms with van der Waals surface area (Å²) in [5, 5.41) is 10.5. The van der Waals surface area contributed by atoms with Gasteiger partial charge in [0.1, 0.15) is 36.4 Å². The molecule has 4 rings (SSSR count). The van der Waals surface area contributed by atoms with Crippen molar-refractivity contribution in [2.75, 3.05) is 13.7 Å². The second-order valence-corrected chi connectivity index (χ2v) is 8.67. The summed E-state index contributed by atoms with van der Waals surface area (Å²) in [6.07, 6.45) is -0.223. The number of esters is 1. The van der Waals surface area contributed by atoms with Crippen LogP contribution in [0.2, 0.25) is 0 Å². The van der Waals surface area contributed by atoms with E-state index in [0.717, 1.165) is 33.2 Å². The fraction of sp³-hybridized carbons (Fsp3) is 0.276. The fourth-order valence-corrected chi connectivity index (χ4v) is 4.15. The van der Waals surface area contributed by atoms with Gasteiger partial charge in [-0.3, -0.25) is 4.79 Å². The van der Waals surface area contributed by atoms with E-state index in [1.54, 1.807) is 14.0 Å². The minimum atomic E-state index is -0.339. The number of fused-ring (bicyclic) bond motifs is 1. The highest BCUT2D eigenvalue weighted by Crippen LogP contribution is 2.34. The summed E-state index contributed by atoms with van der Waals surface area (Å²) in [6, 6.07) is 21.2. The van der Waals surface area contributed by atoms with Gasteiger partial charge in [-0.15, -0.1) is 0 Å². The molecule has 0 saturated heterocycles. The second-order valence-electron chi connectivity index (χ2n) is 8.67. The molecule has 188 valence electrons. The number of rotatable bonds is 11. The van der Waals surface area contributed by atoms with Crippen LogP contribution in [0.5, 0.6) is 5.75 Å². The Labute approximate surface area is 210 Å². The van der Waals surface area contributed by atoms with Crippen molar-refractivity contribution in [3.05, 3.63) is 89.2 Å². The molecule has 3 N–H and O–H groups in total. The van der Waals surface area contributed by atoms with Crippen LogP contribution in [-0.2, 0) is 40.4 Å². The Hall–Kier alpha value is -3.65. The molecule has 4 aromatic rings. The van der Waals surface area contributed by atoms with Gasteiger partial charge in [-0.2, -0.15) is 0 Å². The quantitative estimate of drug-likeness (QED) is 0.293. The molecule has 0 radical (unpaired) electrons. The summed E-state index contributed by atoms with van der Waals surface area (Å²) in [5.74, 6) is 0.767. The van der Waals surface area contributed by atoms with Crippen LogP contribution in [0, 0.1) is 0 Å². The van der Waals surface area contributed by atoms with Crippen LogP contribution >= 0.6 is 0 Å². The third-order valence-corrected chi connectivity index (χ3v) is 5.79. The van der Waals surface area contributed by atoms with Crippen molar-refractivity contribution < 1.29 is 28.5 Å². The van der Waals surface area contributed by atoms with Gasteiger partial charge in [0.25, 0.3) is 0 Å². The summed E-state index contributed by atoms with van der Waals surface area (Å²) in [6.45, 7) is 2.66. The molecule has 1 aromatic heterocycles. The van der Waals surface area contributed by atoms with Gasteiger partial charge >= 0.3 is 5.97 Å². The molecule has 36 heavy (non-hydrogen) atoms. The molecule has 0 bridgehead atoms. The molecule has 0 fully saturated rings. The molecule has 3 aromatic carbocycles. The van der Waals surface area contributed by atoms with Crippen LogP contribution in [0.15, 0.2) is 71.1 Å². The summed E-state index contributed by atoms with van der Waals surface area (Å²) in [7, 11) is 1.57. The highest BCUT2D eigenvalue weighted by atomic mass is 16.6. The first kappa shape index (κ1) is 25.4. The van der Waals surface area contributed by atoms with Crippen LogP contribution in [0.4, 0.5) is 0 Å². The monoisotopic (exact) mass is 489 g/mol. The molecule has 0 amide bonds. The molecule has 1 heterocycles. The molecule has 7 nitrogen and oxygen atoms in total. The van der Waals surface area contributed by atoms with E-state index in [4.69, 9.17) is 24.4 Å². The number of carbonyl (C=O) groups excluding carboxylic acids is 1. The third kappa shape index (κ3) is 6.12. The Balaban J connectivity index is 1.59. The smallest absolute Gasteiger partial charge is 0.310 e. The molecule has 1 unspecified atom stereocenters. The number of benzene rings is 3. The van der Waals surface area contributed by atoms with Gasteiger partial charge < -0.3 is 29.5 Å². The zero-order chi connectivity index (χ0) is 25.5. The van der Waals surface area contributed by atoms with Crippen molar-refractivity contribution in [2.45, 2.75) is 39.2 Å². The number of aliphatic hydroxyl groups excluding tert-OH is 1. The Morgan fingerprint density at radius 1 is 1.06 bits per heavy atom. The average Bonchev–Trinajstić information content (AvgIpc) is 3.31. The standard InChI is InChI=1S/C29H31NO6/c1-19(17-33-2)35-28(32)14-23-7-3-4-9-27(23)34-18-21-11-24-13-25(16-31)36-29(24)26(12-21)22-8-5-6-20(10-22)15-30/h3-13,19,31H,14-18,30H2,1-2H3. The normalized spacial score (nSPS) is 12.0. The first-order valence-electron chi connectivity index (χ1n) is 11.9. The number of hydrogen-bond acceptors (Lipinski definition) is 7. The van der Waals surface area contributed by atoms with E-state index in [9.17, 15) is 9.90 Å². The molecule has 0 aliphatic carbocycles. The Bertz CT molecular complexity index is 1330. The predicted molar refractivity (Wildman–Crippen MR) is 137 cm³/mol. The topological polar surface area (TPSA) is 104 Å². The van der Waals surface area contributed by atoms with Gasteiger partial charge in [-0.05, 0) is 53.9 Å². The SMILES string of the molecule is COCC(C)OC(=O)Cc1ccccc1OCc1cc(-c2cccc(CN)c2)c2oc(CO)cc2c1. The number of furan rings is 1. The van der Waals surface area contributed by atoms with Crippen molar-refractivity contribution in [1.82, 2.24) is 0 Å². The van der Waals surface area contributed by atoms with Gasteiger partial charge in [0.15, 0.2) is 0 Å². The molecule has 0 saturated carbocycles. The van der Waals surface area contributed by atoms with Gasteiger partial charge in [0.05, 0.1) is 13.0 Å². The van der Waals surface area contributed by atoms with E-state index in [1.165, 1.54) is 0 Å². The number of aliphatic hydroxyl groups is 1. The van der Waals surface area contributed by atoms with Crippen molar-refractivity contribution >= 4 is 16.9 Å². The van der Waals surface area contributed by atoms with E-state index >= 15 is 0 Å². The van der Waals surface area contributed by atoms with E-state index in [-0.39, 0.29) is 31.7 Å². The number of methoxy groups -OCH3 is 1. The second kappa shape index (κ2) is 11.9. The first-order chi connectivity index (χ1) is 17.5. The largest absolute Gasteiger partial charge is 0.489 e. The van der Waals surface area contributed by atoms with Crippen LogP contribution in [0.1, 0.15) is 29.4 Å². The molecular weight excluding hydrogens is 458 g/mol. The molecule has 1 atom stereocenters. The zero-order valence-corrected chi connectivity index (χ0v) is 20.5. The predicted octanol–water partition coefficient (Wildman–Crippen LogP) is 4.75. The maximum atomic E-state index is 12.4. The number of hydrogen-bond donors (Lipinski definition) is 2. The van der Waals surface area contributed by atoms with Crippen LogP contribution in [0.25, 0.3) is 22.1 Å². The summed E-state index contributed by atoms with van der Waals surface area (Å²) in [4.78, 5) is 12.4. The third-order valence-electron chi connectivity index (χ3n) is 5.79. The van der Waals surface area contributed by atoms with Crippen molar-refractivity contribution in [2.24, 2.45) is 5.73 Å².